The normalized spacial score (nSPS) is 24.6. The highest BCUT2D eigenvalue weighted by molar-refractivity contribution is 5.82. The van der Waals surface area contributed by atoms with Crippen molar-refractivity contribution in [3.05, 3.63) is 0 Å². The average molecular weight is 239 g/mol. The molecule has 17 heavy (non-hydrogen) atoms. The zero-order valence-corrected chi connectivity index (χ0v) is 12.0. The van der Waals surface area contributed by atoms with Gasteiger partial charge >= 0.3 is 0 Å². The Balaban J connectivity index is 2.39. The predicted molar refractivity (Wildman–Crippen MR) is 73.1 cm³/mol. The Morgan fingerprint density at radius 1 is 1.24 bits per heavy atom. The van der Waals surface area contributed by atoms with Gasteiger partial charge in [0.25, 0.3) is 0 Å². The Morgan fingerprint density at radius 3 is 2.53 bits per heavy atom. The van der Waals surface area contributed by atoms with Gasteiger partial charge in [-0.2, -0.15) is 0 Å². The first kappa shape index (κ1) is 14.7. The van der Waals surface area contributed by atoms with E-state index in [0.717, 1.165) is 31.3 Å². The van der Waals surface area contributed by atoms with Gasteiger partial charge in [-0.25, -0.2) is 0 Å². The molecular formula is C15H29NO. The fourth-order valence-corrected chi connectivity index (χ4v) is 2.61. The molecule has 0 spiro atoms. The molecule has 0 radical (unpaired) electrons. The minimum absolute atomic E-state index is 0.235. The number of rotatable bonds is 5. The Kier molecular flexibility index (Phi) is 6.18. The lowest BCUT2D eigenvalue weighted by molar-refractivity contribution is -0.123. The van der Waals surface area contributed by atoms with E-state index < -0.39 is 0 Å². The van der Waals surface area contributed by atoms with Crippen LogP contribution in [0.1, 0.15) is 53.4 Å². The monoisotopic (exact) mass is 239 g/mol. The Bertz CT molecular complexity index is 237. The number of carbonyl (C=O) groups excluding carboxylic acids is 1. The fourth-order valence-electron chi connectivity index (χ4n) is 2.61. The molecule has 0 aliphatic carbocycles. The summed E-state index contributed by atoms with van der Waals surface area (Å²) in [6, 6.07) is 0. The molecule has 1 fully saturated rings. The molecule has 2 nitrogen and oxygen atoms in total. The molecule has 1 rings (SSSR count). The van der Waals surface area contributed by atoms with E-state index in [1.54, 1.807) is 0 Å². The minimum atomic E-state index is 0.235. The molecule has 2 atom stereocenters. The maximum atomic E-state index is 11.9. The fraction of sp³-hybridized carbons (Fsp3) is 0.933. The summed E-state index contributed by atoms with van der Waals surface area (Å²) in [6.45, 7) is 11.7. The number of ketones is 1. The molecular weight excluding hydrogens is 210 g/mol. The number of nitrogens with zero attached hydrogens (tertiary/aromatic N) is 1. The van der Waals surface area contributed by atoms with Crippen molar-refractivity contribution in [3.63, 3.8) is 0 Å². The molecule has 0 N–H and O–H groups in total. The van der Waals surface area contributed by atoms with E-state index in [2.05, 4.69) is 32.6 Å². The second-order valence-electron chi connectivity index (χ2n) is 5.99. The summed E-state index contributed by atoms with van der Waals surface area (Å²) in [7, 11) is 0. The Hall–Kier alpha value is -0.370. The van der Waals surface area contributed by atoms with Crippen LogP contribution in [0, 0.1) is 17.8 Å². The van der Waals surface area contributed by atoms with Gasteiger partial charge < -0.3 is 0 Å². The third-order valence-electron chi connectivity index (χ3n) is 4.35. The van der Waals surface area contributed by atoms with Crippen LogP contribution in [0.5, 0.6) is 0 Å². The van der Waals surface area contributed by atoms with Crippen molar-refractivity contribution in [3.8, 4) is 0 Å². The molecule has 2 heteroatoms. The van der Waals surface area contributed by atoms with Crippen molar-refractivity contribution in [1.82, 2.24) is 4.90 Å². The first-order valence-corrected chi connectivity index (χ1v) is 7.29. The van der Waals surface area contributed by atoms with Gasteiger partial charge in [-0.15, -0.1) is 0 Å². The molecule has 2 unspecified atom stereocenters. The van der Waals surface area contributed by atoms with Gasteiger partial charge in [0.2, 0.25) is 0 Å². The van der Waals surface area contributed by atoms with Gasteiger partial charge in [-0.3, -0.25) is 9.69 Å². The van der Waals surface area contributed by atoms with Gasteiger partial charge in [0, 0.05) is 5.92 Å². The zero-order valence-electron chi connectivity index (χ0n) is 12.0. The molecule has 100 valence electrons. The standard InChI is InChI=1S/C15H29NO/c1-5-13(4)15(17)11-16-9-6-7-14(8-10-16)12(2)3/h12-14H,5-11H2,1-4H3. The number of Topliss-reactive ketones (excluding diaryl/α,β-unsaturated/α-hetero) is 1. The summed E-state index contributed by atoms with van der Waals surface area (Å²) < 4.78 is 0. The van der Waals surface area contributed by atoms with E-state index in [1.165, 1.54) is 19.3 Å². The third kappa shape index (κ3) is 4.79. The SMILES string of the molecule is CCC(C)C(=O)CN1CCCC(C(C)C)CC1. The van der Waals surface area contributed by atoms with Crippen molar-refractivity contribution in [2.45, 2.75) is 53.4 Å². The highest BCUT2D eigenvalue weighted by Crippen LogP contribution is 2.24. The molecule has 0 aromatic carbocycles. The second kappa shape index (κ2) is 7.15. The number of carbonyl (C=O) groups is 1. The average Bonchev–Trinajstić information content (AvgIpc) is 2.53. The lowest BCUT2D eigenvalue weighted by Gasteiger charge is -2.21. The van der Waals surface area contributed by atoms with Crippen molar-refractivity contribution >= 4 is 5.78 Å². The van der Waals surface area contributed by atoms with E-state index in [4.69, 9.17) is 0 Å². The van der Waals surface area contributed by atoms with Gasteiger partial charge in [-0.1, -0.05) is 27.7 Å². The van der Waals surface area contributed by atoms with Gasteiger partial charge in [0.15, 0.2) is 0 Å². The van der Waals surface area contributed by atoms with Crippen LogP contribution >= 0.6 is 0 Å². The quantitative estimate of drug-likeness (QED) is 0.733. The molecule has 0 aromatic rings. The summed E-state index contributed by atoms with van der Waals surface area (Å²) in [5.74, 6) is 2.31. The molecule has 1 aliphatic heterocycles. The van der Waals surface area contributed by atoms with Crippen molar-refractivity contribution in [2.24, 2.45) is 17.8 Å². The van der Waals surface area contributed by atoms with Crippen LogP contribution in [0.4, 0.5) is 0 Å². The van der Waals surface area contributed by atoms with Crippen LogP contribution in [0.25, 0.3) is 0 Å². The van der Waals surface area contributed by atoms with E-state index in [1.807, 2.05) is 0 Å². The summed E-state index contributed by atoms with van der Waals surface area (Å²) >= 11 is 0. The zero-order chi connectivity index (χ0) is 12.8. The smallest absolute Gasteiger partial charge is 0.149 e. The molecule has 0 bridgehead atoms. The highest BCUT2D eigenvalue weighted by Gasteiger charge is 2.21. The topological polar surface area (TPSA) is 20.3 Å². The first-order valence-electron chi connectivity index (χ1n) is 7.29. The van der Waals surface area contributed by atoms with E-state index in [0.29, 0.717) is 12.3 Å². The van der Waals surface area contributed by atoms with Crippen LogP contribution in [0.15, 0.2) is 0 Å². The van der Waals surface area contributed by atoms with Crippen LogP contribution in [0.2, 0.25) is 0 Å². The van der Waals surface area contributed by atoms with Crippen LogP contribution < -0.4 is 0 Å². The van der Waals surface area contributed by atoms with E-state index >= 15 is 0 Å². The Morgan fingerprint density at radius 2 is 1.94 bits per heavy atom. The molecule has 1 aliphatic rings. The van der Waals surface area contributed by atoms with Crippen LogP contribution in [0.3, 0.4) is 0 Å². The maximum absolute atomic E-state index is 11.9. The second-order valence-corrected chi connectivity index (χ2v) is 5.99. The summed E-state index contributed by atoms with van der Waals surface area (Å²) in [5, 5.41) is 0. The molecule has 0 aromatic heterocycles. The maximum Gasteiger partial charge on any atom is 0.149 e. The largest absolute Gasteiger partial charge is 0.298 e. The third-order valence-corrected chi connectivity index (χ3v) is 4.35. The lowest BCUT2D eigenvalue weighted by atomic mass is 9.89. The molecule has 0 amide bonds. The number of likely N-dealkylation sites (tertiary alicyclic amines) is 1. The predicted octanol–water partition coefficient (Wildman–Crippen LogP) is 3.36. The summed E-state index contributed by atoms with van der Waals surface area (Å²) in [6.07, 6.45) is 4.84. The molecule has 1 saturated heterocycles. The summed E-state index contributed by atoms with van der Waals surface area (Å²) in [5.41, 5.74) is 0. The van der Waals surface area contributed by atoms with Crippen molar-refractivity contribution in [2.75, 3.05) is 19.6 Å². The number of hydrogen-bond donors (Lipinski definition) is 0. The summed E-state index contributed by atoms with van der Waals surface area (Å²) in [4.78, 5) is 14.3. The minimum Gasteiger partial charge on any atom is -0.298 e. The lowest BCUT2D eigenvalue weighted by Crippen LogP contribution is -2.33. The van der Waals surface area contributed by atoms with Crippen molar-refractivity contribution < 1.29 is 4.79 Å². The van der Waals surface area contributed by atoms with Crippen LogP contribution in [-0.4, -0.2) is 30.3 Å². The molecule has 0 saturated carbocycles. The van der Waals surface area contributed by atoms with Crippen LogP contribution in [-0.2, 0) is 4.79 Å². The number of hydrogen-bond acceptors (Lipinski definition) is 2. The van der Waals surface area contributed by atoms with E-state index in [-0.39, 0.29) is 5.92 Å². The van der Waals surface area contributed by atoms with Crippen molar-refractivity contribution in [1.29, 1.82) is 0 Å². The van der Waals surface area contributed by atoms with Gasteiger partial charge in [0.1, 0.15) is 5.78 Å². The highest BCUT2D eigenvalue weighted by atomic mass is 16.1. The van der Waals surface area contributed by atoms with Gasteiger partial charge in [-0.05, 0) is 50.6 Å². The first-order chi connectivity index (χ1) is 8.04. The van der Waals surface area contributed by atoms with Gasteiger partial charge in [0.05, 0.1) is 6.54 Å². The van der Waals surface area contributed by atoms with E-state index in [9.17, 15) is 4.79 Å². The Labute approximate surface area is 107 Å². The molecule has 1 heterocycles.